The molecule has 7 heteroatoms. The van der Waals surface area contributed by atoms with Crippen molar-refractivity contribution in [3.05, 3.63) is 29.8 Å². The second-order valence-electron chi connectivity index (χ2n) is 7.16. The molecule has 1 heterocycles. The number of hydrogen-bond acceptors (Lipinski definition) is 5. The number of rotatable bonds is 11. The second-order valence-corrected chi connectivity index (χ2v) is 7.16. The topological polar surface area (TPSA) is 65.1 Å². The summed E-state index contributed by atoms with van der Waals surface area (Å²) in [6, 6.07) is 7.25. The number of hydrogen-bond donors (Lipinski definition) is 1. The van der Waals surface area contributed by atoms with E-state index in [9.17, 15) is 9.59 Å². The van der Waals surface area contributed by atoms with Crippen LogP contribution in [0.4, 0.5) is 0 Å². The number of carbonyl (C=O) groups excluding carboxylic acids is 2. The largest absolute Gasteiger partial charge is 0.494 e. The minimum Gasteiger partial charge on any atom is -0.494 e. The van der Waals surface area contributed by atoms with Crippen LogP contribution in [0.25, 0.3) is 0 Å². The first-order valence-corrected chi connectivity index (χ1v) is 10.8. The SMILES string of the molecule is CCOc1ccc(C(=O)N(CCC(=O)N2CCNCC2)CCN(CC)CC)cc1. The predicted molar refractivity (Wildman–Crippen MR) is 115 cm³/mol. The van der Waals surface area contributed by atoms with Gasteiger partial charge in [0, 0.05) is 57.8 Å². The summed E-state index contributed by atoms with van der Waals surface area (Å²) < 4.78 is 5.47. The number of amides is 2. The monoisotopic (exact) mass is 404 g/mol. The first-order chi connectivity index (χ1) is 14.1. The number of ether oxygens (including phenoxy) is 1. The Labute approximate surface area is 175 Å². The van der Waals surface area contributed by atoms with Gasteiger partial charge in [-0.15, -0.1) is 0 Å². The average Bonchev–Trinajstić information content (AvgIpc) is 2.77. The van der Waals surface area contributed by atoms with Crippen molar-refractivity contribution < 1.29 is 14.3 Å². The number of nitrogens with zero attached hydrogens (tertiary/aromatic N) is 3. The minimum atomic E-state index is -0.0340. The Hall–Kier alpha value is -2.12. The van der Waals surface area contributed by atoms with E-state index < -0.39 is 0 Å². The van der Waals surface area contributed by atoms with Crippen LogP contribution in [0.3, 0.4) is 0 Å². The van der Waals surface area contributed by atoms with Crippen LogP contribution in [0.2, 0.25) is 0 Å². The molecule has 0 spiro atoms. The fraction of sp³-hybridized carbons (Fsp3) is 0.636. The molecule has 1 fully saturated rings. The lowest BCUT2D eigenvalue weighted by Crippen LogP contribution is -2.47. The van der Waals surface area contributed by atoms with E-state index >= 15 is 0 Å². The van der Waals surface area contributed by atoms with Gasteiger partial charge in [0.15, 0.2) is 0 Å². The third-order valence-electron chi connectivity index (χ3n) is 5.35. The molecule has 1 aliphatic rings. The summed E-state index contributed by atoms with van der Waals surface area (Å²) in [7, 11) is 0. The summed E-state index contributed by atoms with van der Waals surface area (Å²) in [5, 5.41) is 3.26. The molecule has 1 aromatic carbocycles. The third kappa shape index (κ3) is 7.33. The summed E-state index contributed by atoms with van der Waals surface area (Å²) in [6.07, 6.45) is 0.362. The highest BCUT2D eigenvalue weighted by atomic mass is 16.5. The van der Waals surface area contributed by atoms with Gasteiger partial charge in [-0.2, -0.15) is 0 Å². The van der Waals surface area contributed by atoms with Gasteiger partial charge in [0.05, 0.1) is 6.61 Å². The maximum Gasteiger partial charge on any atom is 0.253 e. The summed E-state index contributed by atoms with van der Waals surface area (Å²) in [6.45, 7) is 13.7. The first-order valence-electron chi connectivity index (χ1n) is 10.8. The molecule has 2 rings (SSSR count). The highest BCUT2D eigenvalue weighted by molar-refractivity contribution is 5.94. The Morgan fingerprint density at radius 3 is 2.24 bits per heavy atom. The lowest BCUT2D eigenvalue weighted by Gasteiger charge is -2.30. The predicted octanol–water partition coefficient (Wildman–Crippen LogP) is 1.69. The van der Waals surface area contributed by atoms with Crippen molar-refractivity contribution in [2.75, 3.05) is 65.5 Å². The molecule has 162 valence electrons. The van der Waals surface area contributed by atoms with Crippen molar-refractivity contribution in [3.63, 3.8) is 0 Å². The Morgan fingerprint density at radius 2 is 1.66 bits per heavy atom. The molecule has 0 atom stereocenters. The quantitative estimate of drug-likeness (QED) is 0.608. The zero-order chi connectivity index (χ0) is 21.1. The van der Waals surface area contributed by atoms with E-state index in [4.69, 9.17) is 4.74 Å². The standard InChI is InChI=1S/C22H36N4O3/c1-4-24(5-2)17-18-26(14-11-21(27)25-15-12-23-13-16-25)22(28)19-7-9-20(10-8-19)29-6-3/h7-10,23H,4-6,11-18H2,1-3H3. The van der Waals surface area contributed by atoms with Crippen LogP contribution >= 0.6 is 0 Å². The Balaban J connectivity index is 2.02. The molecule has 2 amide bonds. The van der Waals surface area contributed by atoms with E-state index in [2.05, 4.69) is 24.1 Å². The van der Waals surface area contributed by atoms with Gasteiger partial charge in [0.1, 0.15) is 5.75 Å². The van der Waals surface area contributed by atoms with E-state index in [0.29, 0.717) is 31.7 Å². The fourth-order valence-electron chi connectivity index (χ4n) is 3.46. The Morgan fingerprint density at radius 1 is 1.00 bits per heavy atom. The lowest BCUT2D eigenvalue weighted by molar-refractivity contribution is -0.131. The van der Waals surface area contributed by atoms with E-state index in [1.165, 1.54) is 0 Å². The summed E-state index contributed by atoms with van der Waals surface area (Å²) in [5.41, 5.74) is 0.627. The van der Waals surface area contributed by atoms with E-state index in [1.807, 2.05) is 28.9 Å². The Bertz CT molecular complexity index is 625. The fourth-order valence-corrected chi connectivity index (χ4v) is 3.46. The maximum atomic E-state index is 13.1. The molecule has 1 aliphatic heterocycles. The van der Waals surface area contributed by atoms with Gasteiger partial charge in [0.25, 0.3) is 5.91 Å². The molecule has 1 N–H and O–H groups in total. The van der Waals surface area contributed by atoms with Crippen LogP contribution < -0.4 is 10.1 Å². The Kier molecular flexibility index (Phi) is 9.94. The van der Waals surface area contributed by atoms with E-state index in [1.54, 1.807) is 12.1 Å². The number of carbonyl (C=O) groups is 2. The van der Waals surface area contributed by atoms with Crippen molar-refractivity contribution in [2.24, 2.45) is 0 Å². The molecular formula is C22H36N4O3. The molecule has 1 saturated heterocycles. The highest BCUT2D eigenvalue weighted by Crippen LogP contribution is 2.14. The van der Waals surface area contributed by atoms with Crippen molar-refractivity contribution in [2.45, 2.75) is 27.2 Å². The summed E-state index contributed by atoms with van der Waals surface area (Å²) >= 11 is 0. The van der Waals surface area contributed by atoms with Gasteiger partial charge in [-0.3, -0.25) is 9.59 Å². The first kappa shape index (κ1) is 23.2. The van der Waals surface area contributed by atoms with Crippen molar-refractivity contribution in [1.29, 1.82) is 0 Å². The van der Waals surface area contributed by atoms with Gasteiger partial charge < -0.3 is 24.8 Å². The molecule has 0 bridgehead atoms. The normalized spacial score (nSPS) is 14.1. The van der Waals surface area contributed by atoms with Gasteiger partial charge in [-0.25, -0.2) is 0 Å². The van der Waals surface area contributed by atoms with Crippen molar-refractivity contribution in [3.8, 4) is 5.75 Å². The van der Waals surface area contributed by atoms with Crippen LogP contribution in [-0.2, 0) is 4.79 Å². The zero-order valence-electron chi connectivity index (χ0n) is 18.2. The van der Waals surface area contributed by atoms with Gasteiger partial charge in [0.2, 0.25) is 5.91 Å². The number of likely N-dealkylation sites (N-methyl/N-ethyl adjacent to an activating group) is 1. The third-order valence-corrected chi connectivity index (χ3v) is 5.35. The van der Waals surface area contributed by atoms with Gasteiger partial charge in [-0.1, -0.05) is 13.8 Å². The molecular weight excluding hydrogens is 368 g/mol. The molecule has 1 aromatic rings. The molecule has 7 nitrogen and oxygen atoms in total. The summed E-state index contributed by atoms with van der Waals surface area (Å²) in [4.78, 5) is 31.7. The molecule has 0 aliphatic carbocycles. The van der Waals surface area contributed by atoms with Crippen LogP contribution in [0.15, 0.2) is 24.3 Å². The van der Waals surface area contributed by atoms with Crippen LogP contribution in [-0.4, -0.2) is 92.0 Å². The highest BCUT2D eigenvalue weighted by Gasteiger charge is 2.21. The van der Waals surface area contributed by atoms with Crippen LogP contribution in [0.5, 0.6) is 5.75 Å². The van der Waals surface area contributed by atoms with Gasteiger partial charge in [-0.05, 0) is 44.3 Å². The van der Waals surface area contributed by atoms with E-state index in [-0.39, 0.29) is 11.8 Å². The zero-order valence-corrected chi connectivity index (χ0v) is 18.2. The molecule has 29 heavy (non-hydrogen) atoms. The average molecular weight is 405 g/mol. The van der Waals surface area contributed by atoms with Crippen molar-refractivity contribution >= 4 is 11.8 Å². The maximum absolute atomic E-state index is 13.1. The lowest BCUT2D eigenvalue weighted by atomic mass is 10.1. The minimum absolute atomic E-state index is 0.0340. The second kappa shape index (κ2) is 12.4. The van der Waals surface area contributed by atoms with Gasteiger partial charge >= 0.3 is 0 Å². The molecule has 0 aromatic heterocycles. The molecule has 0 saturated carbocycles. The summed E-state index contributed by atoms with van der Waals surface area (Å²) in [5.74, 6) is 0.847. The molecule has 0 unspecified atom stereocenters. The smallest absolute Gasteiger partial charge is 0.253 e. The molecule has 0 radical (unpaired) electrons. The number of piperazine rings is 1. The number of nitrogens with one attached hydrogen (secondary N) is 1. The van der Waals surface area contributed by atoms with Crippen LogP contribution in [0, 0.1) is 0 Å². The number of benzene rings is 1. The van der Waals surface area contributed by atoms with E-state index in [0.717, 1.165) is 51.6 Å². The van der Waals surface area contributed by atoms with Crippen LogP contribution in [0.1, 0.15) is 37.6 Å². The van der Waals surface area contributed by atoms with Crippen molar-refractivity contribution in [1.82, 2.24) is 20.0 Å².